The highest BCUT2D eigenvalue weighted by atomic mass is 32.2. The summed E-state index contributed by atoms with van der Waals surface area (Å²) in [5.41, 5.74) is 0.148. The molecule has 3 amide bonds. The van der Waals surface area contributed by atoms with E-state index < -0.39 is 22.0 Å². The number of rotatable bonds is 8. The molecule has 1 heterocycles. The summed E-state index contributed by atoms with van der Waals surface area (Å²) in [7, 11) is -2.17. The van der Waals surface area contributed by atoms with Crippen molar-refractivity contribution < 1.29 is 22.8 Å². The second-order valence-corrected chi connectivity index (χ2v) is 8.60. The van der Waals surface area contributed by atoms with Crippen LogP contribution in [0.5, 0.6) is 0 Å². The summed E-state index contributed by atoms with van der Waals surface area (Å²) in [6.07, 6.45) is 1.31. The summed E-state index contributed by atoms with van der Waals surface area (Å²) in [5, 5.41) is 5.06. The van der Waals surface area contributed by atoms with E-state index in [1.54, 1.807) is 13.8 Å². The Kier molecular flexibility index (Phi) is 7.74. The predicted molar refractivity (Wildman–Crippen MR) is 108 cm³/mol. The van der Waals surface area contributed by atoms with E-state index >= 15 is 0 Å². The third-order valence-electron chi connectivity index (χ3n) is 4.96. The van der Waals surface area contributed by atoms with Crippen molar-refractivity contribution >= 4 is 27.7 Å². The van der Waals surface area contributed by atoms with Gasteiger partial charge in [-0.2, -0.15) is 4.31 Å². The van der Waals surface area contributed by atoms with Crippen molar-refractivity contribution in [3.05, 3.63) is 29.8 Å². The van der Waals surface area contributed by atoms with Crippen LogP contribution < -0.4 is 10.6 Å². The number of nitrogens with one attached hydrogen (secondary N) is 2. The maximum Gasteiger partial charge on any atom is 0.251 e. The van der Waals surface area contributed by atoms with Crippen LogP contribution in [0.25, 0.3) is 0 Å². The predicted octanol–water partition coefficient (Wildman–Crippen LogP) is 0.184. The molecule has 1 fully saturated rings. The zero-order valence-corrected chi connectivity index (χ0v) is 17.8. The largest absolute Gasteiger partial charge is 0.357 e. The molecule has 1 saturated heterocycles. The van der Waals surface area contributed by atoms with Gasteiger partial charge in [0.05, 0.1) is 11.4 Å². The van der Waals surface area contributed by atoms with Gasteiger partial charge < -0.3 is 15.5 Å². The Morgan fingerprint density at radius 1 is 1.21 bits per heavy atom. The van der Waals surface area contributed by atoms with E-state index in [2.05, 4.69) is 10.6 Å². The fourth-order valence-corrected chi connectivity index (χ4v) is 4.88. The Morgan fingerprint density at radius 3 is 2.52 bits per heavy atom. The van der Waals surface area contributed by atoms with Gasteiger partial charge in [0.2, 0.25) is 21.8 Å². The summed E-state index contributed by atoms with van der Waals surface area (Å²) in [6.45, 7) is 4.34. The number of sulfonamides is 1. The summed E-state index contributed by atoms with van der Waals surface area (Å²) >= 11 is 0. The molecule has 10 heteroatoms. The monoisotopic (exact) mass is 424 g/mol. The topological polar surface area (TPSA) is 116 Å². The number of nitrogens with zero attached hydrogens (tertiary/aromatic N) is 2. The van der Waals surface area contributed by atoms with Crippen molar-refractivity contribution in [3.63, 3.8) is 0 Å². The Hall–Kier alpha value is -2.46. The molecule has 29 heavy (non-hydrogen) atoms. The molecule has 0 aliphatic carbocycles. The molecule has 0 saturated carbocycles. The molecule has 2 rings (SSSR count). The lowest BCUT2D eigenvalue weighted by atomic mass is 10.2. The van der Waals surface area contributed by atoms with E-state index in [4.69, 9.17) is 0 Å². The third-order valence-corrected chi connectivity index (χ3v) is 7.01. The molecule has 1 aromatic carbocycles. The van der Waals surface area contributed by atoms with Crippen molar-refractivity contribution in [3.8, 4) is 0 Å². The van der Waals surface area contributed by atoms with Gasteiger partial charge in [-0.1, -0.05) is 19.9 Å². The van der Waals surface area contributed by atoms with Gasteiger partial charge >= 0.3 is 0 Å². The normalized spacial score (nSPS) is 16.7. The molecule has 1 atom stereocenters. The third kappa shape index (κ3) is 5.13. The van der Waals surface area contributed by atoms with Crippen LogP contribution in [0.15, 0.2) is 29.2 Å². The maximum absolute atomic E-state index is 12.6. The van der Waals surface area contributed by atoms with Gasteiger partial charge in [-0.25, -0.2) is 8.42 Å². The van der Waals surface area contributed by atoms with Crippen LogP contribution in [0.1, 0.15) is 37.0 Å². The van der Waals surface area contributed by atoms with Gasteiger partial charge in [-0.3, -0.25) is 14.4 Å². The molecule has 1 aliphatic rings. The first-order chi connectivity index (χ1) is 13.8. The quantitative estimate of drug-likeness (QED) is 0.618. The second kappa shape index (κ2) is 9.84. The van der Waals surface area contributed by atoms with Crippen molar-refractivity contribution in [2.75, 3.05) is 33.2 Å². The average Bonchev–Trinajstić information content (AvgIpc) is 3.22. The molecule has 1 unspecified atom stereocenters. The zero-order valence-electron chi connectivity index (χ0n) is 17.0. The van der Waals surface area contributed by atoms with Crippen LogP contribution in [0.4, 0.5) is 0 Å². The van der Waals surface area contributed by atoms with Crippen LogP contribution in [0, 0.1) is 0 Å². The molecule has 1 aliphatic heterocycles. The van der Waals surface area contributed by atoms with E-state index in [0.29, 0.717) is 26.1 Å². The first kappa shape index (κ1) is 22.8. The minimum absolute atomic E-state index is 0.0272. The number of hydrogen-bond acceptors (Lipinski definition) is 5. The van der Waals surface area contributed by atoms with Crippen molar-refractivity contribution in [1.82, 2.24) is 19.8 Å². The maximum atomic E-state index is 12.6. The molecule has 0 radical (unpaired) electrons. The number of benzene rings is 1. The van der Waals surface area contributed by atoms with Gasteiger partial charge in [0.1, 0.15) is 6.04 Å². The molecule has 2 N–H and O–H groups in total. The van der Waals surface area contributed by atoms with E-state index in [1.807, 2.05) is 0 Å². The Bertz CT molecular complexity index is 867. The lowest BCUT2D eigenvalue weighted by Gasteiger charge is -2.23. The van der Waals surface area contributed by atoms with Gasteiger partial charge in [0, 0.05) is 32.2 Å². The van der Waals surface area contributed by atoms with E-state index in [0.717, 1.165) is 6.42 Å². The smallest absolute Gasteiger partial charge is 0.251 e. The molecule has 0 spiro atoms. The standard InChI is InChI=1S/C19H28N4O5S/c1-4-22(5-2)29(27,28)15-9-6-8-14(12-15)18(25)21-13-17(24)23-11-7-10-16(23)19(26)20-3/h6,8-9,12,16H,4-5,7,10-11,13H2,1-3H3,(H,20,26)(H,21,25). The molecule has 0 bridgehead atoms. The summed E-state index contributed by atoms with van der Waals surface area (Å²) in [5.74, 6) is -1.13. The Labute approximate surface area is 171 Å². The lowest BCUT2D eigenvalue weighted by Crippen LogP contribution is -2.48. The molecule has 160 valence electrons. The first-order valence-electron chi connectivity index (χ1n) is 9.65. The van der Waals surface area contributed by atoms with Gasteiger partial charge in [0.25, 0.3) is 5.91 Å². The number of carbonyl (C=O) groups excluding carboxylic acids is 3. The lowest BCUT2D eigenvalue weighted by molar-refractivity contribution is -0.137. The fraction of sp³-hybridized carbons (Fsp3) is 0.526. The molecule has 9 nitrogen and oxygen atoms in total. The Morgan fingerprint density at radius 2 is 1.90 bits per heavy atom. The molecule has 0 aromatic heterocycles. The highest BCUT2D eigenvalue weighted by Gasteiger charge is 2.33. The zero-order chi connectivity index (χ0) is 21.6. The molecular formula is C19H28N4O5S. The van der Waals surface area contributed by atoms with E-state index in [9.17, 15) is 22.8 Å². The van der Waals surface area contributed by atoms with E-state index in [1.165, 1.54) is 40.5 Å². The molecule has 1 aromatic rings. The average molecular weight is 425 g/mol. The van der Waals surface area contributed by atoms with Crippen LogP contribution in [0.3, 0.4) is 0 Å². The highest BCUT2D eigenvalue weighted by Crippen LogP contribution is 2.18. The SMILES string of the molecule is CCN(CC)S(=O)(=O)c1cccc(C(=O)NCC(=O)N2CCCC2C(=O)NC)c1. The number of likely N-dealkylation sites (N-methyl/N-ethyl adjacent to an activating group) is 1. The summed E-state index contributed by atoms with van der Waals surface area (Å²) in [6, 6.07) is 5.20. The number of likely N-dealkylation sites (tertiary alicyclic amines) is 1. The molecular weight excluding hydrogens is 396 g/mol. The van der Waals surface area contributed by atoms with Crippen molar-refractivity contribution in [2.24, 2.45) is 0 Å². The van der Waals surface area contributed by atoms with Gasteiger partial charge in [0.15, 0.2) is 0 Å². The first-order valence-corrected chi connectivity index (χ1v) is 11.1. The van der Waals surface area contributed by atoms with Gasteiger partial charge in [-0.15, -0.1) is 0 Å². The number of hydrogen-bond donors (Lipinski definition) is 2. The number of amides is 3. The van der Waals surface area contributed by atoms with Crippen LogP contribution in [-0.2, 0) is 19.6 Å². The van der Waals surface area contributed by atoms with Gasteiger partial charge in [-0.05, 0) is 31.0 Å². The second-order valence-electron chi connectivity index (χ2n) is 6.66. The van der Waals surface area contributed by atoms with Crippen LogP contribution in [-0.4, -0.2) is 74.6 Å². The minimum atomic E-state index is -3.69. The number of carbonyl (C=O) groups is 3. The summed E-state index contributed by atoms with van der Waals surface area (Å²) < 4.78 is 26.6. The Balaban J connectivity index is 2.06. The van der Waals surface area contributed by atoms with E-state index in [-0.39, 0.29) is 28.8 Å². The summed E-state index contributed by atoms with van der Waals surface area (Å²) in [4.78, 5) is 38.2. The van der Waals surface area contributed by atoms with Crippen molar-refractivity contribution in [2.45, 2.75) is 37.6 Å². The van der Waals surface area contributed by atoms with Crippen molar-refractivity contribution in [1.29, 1.82) is 0 Å². The minimum Gasteiger partial charge on any atom is -0.357 e. The highest BCUT2D eigenvalue weighted by molar-refractivity contribution is 7.89. The van der Waals surface area contributed by atoms with Crippen LogP contribution >= 0.6 is 0 Å². The fourth-order valence-electron chi connectivity index (χ4n) is 3.37. The van der Waals surface area contributed by atoms with Crippen LogP contribution in [0.2, 0.25) is 0 Å².